The first-order valence-corrected chi connectivity index (χ1v) is 9.04. The molecule has 0 saturated carbocycles. The Hall–Kier alpha value is -2.06. The van der Waals surface area contributed by atoms with Crippen molar-refractivity contribution >= 4 is 5.96 Å². The largest absolute Gasteiger partial charge is 0.423 e. The number of guanidine groups is 1. The van der Waals surface area contributed by atoms with E-state index in [4.69, 9.17) is 0 Å². The summed E-state index contributed by atoms with van der Waals surface area (Å²) >= 11 is 0. The summed E-state index contributed by atoms with van der Waals surface area (Å²) in [5.74, 6) is 0.378. The Bertz CT molecular complexity index is 684. The molecule has 0 aliphatic carbocycles. The Morgan fingerprint density at radius 3 is 2.48 bits per heavy atom. The summed E-state index contributed by atoms with van der Waals surface area (Å²) in [4.78, 5) is 8.41. The molecule has 5 nitrogen and oxygen atoms in total. The van der Waals surface area contributed by atoms with Crippen molar-refractivity contribution in [2.75, 3.05) is 39.8 Å². The molecule has 3 rings (SSSR count). The van der Waals surface area contributed by atoms with E-state index in [0.717, 1.165) is 26.1 Å². The number of hydrogen-bond donors (Lipinski definition) is 2. The second-order valence-electron chi connectivity index (χ2n) is 6.94. The van der Waals surface area contributed by atoms with Crippen LogP contribution in [0.25, 0.3) is 0 Å². The number of aliphatic imine (C=N–C) groups is 1. The number of aliphatic hydroxyl groups is 1. The minimum Gasteiger partial charge on any atom is -0.375 e. The van der Waals surface area contributed by atoms with Gasteiger partial charge < -0.3 is 15.3 Å². The van der Waals surface area contributed by atoms with E-state index in [0.29, 0.717) is 18.5 Å². The smallest absolute Gasteiger partial charge is 0.375 e. The number of likely N-dealkylation sites (tertiary alicyclic amines) is 1. The molecule has 1 aromatic rings. The lowest BCUT2D eigenvalue weighted by Crippen LogP contribution is -2.53. The summed E-state index contributed by atoms with van der Waals surface area (Å²) in [6.45, 7) is 2.55. The summed E-state index contributed by atoms with van der Waals surface area (Å²) in [6, 6.07) is 7.50. The lowest BCUT2D eigenvalue weighted by atomic mass is 9.93. The molecule has 0 aromatic heterocycles. The number of alkyl halides is 3. The van der Waals surface area contributed by atoms with Gasteiger partial charge in [0.25, 0.3) is 0 Å². The van der Waals surface area contributed by atoms with Gasteiger partial charge in [0.2, 0.25) is 5.60 Å². The molecule has 8 heteroatoms. The molecule has 2 aliphatic rings. The first-order valence-electron chi connectivity index (χ1n) is 9.04. The average molecular weight is 382 g/mol. The highest BCUT2D eigenvalue weighted by atomic mass is 19.4. The fourth-order valence-corrected chi connectivity index (χ4v) is 3.64. The van der Waals surface area contributed by atoms with Crippen LogP contribution in [0.4, 0.5) is 13.2 Å². The predicted molar refractivity (Wildman–Crippen MR) is 98.4 cm³/mol. The van der Waals surface area contributed by atoms with E-state index in [1.807, 2.05) is 4.90 Å². The predicted octanol–water partition coefficient (Wildman–Crippen LogP) is 1.96. The molecule has 2 unspecified atom stereocenters. The maximum atomic E-state index is 13.6. The molecule has 2 N–H and O–H groups in total. The lowest BCUT2D eigenvalue weighted by Gasteiger charge is -2.33. The normalized spacial score (nSPS) is 23.7. The van der Waals surface area contributed by atoms with Gasteiger partial charge in [0, 0.05) is 39.3 Å². The molecule has 1 fully saturated rings. The molecular weight excluding hydrogens is 357 g/mol. The van der Waals surface area contributed by atoms with E-state index in [2.05, 4.69) is 27.4 Å². The SMILES string of the molecule is CN=C(NCC(O)(c1ccccc1)C(F)(F)F)N1CCC(N2CC=CC2)C1. The number of rotatable bonds is 4. The van der Waals surface area contributed by atoms with Gasteiger partial charge in [-0.25, -0.2) is 0 Å². The van der Waals surface area contributed by atoms with Crippen molar-refractivity contribution in [3.05, 3.63) is 48.0 Å². The highest BCUT2D eigenvalue weighted by Crippen LogP contribution is 2.38. The van der Waals surface area contributed by atoms with Crippen molar-refractivity contribution in [3.63, 3.8) is 0 Å². The standard InChI is InChI=1S/C19H25F3N4O/c1-23-17(26-12-9-16(13-26)25-10-5-6-11-25)24-14-18(27,19(20,21)22)15-7-3-2-4-8-15/h2-8,16,27H,9-14H2,1H3,(H,23,24). The van der Waals surface area contributed by atoms with E-state index in [9.17, 15) is 18.3 Å². The van der Waals surface area contributed by atoms with Gasteiger partial charge in [-0.1, -0.05) is 42.5 Å². The third-order valence-electron chi connectivity index (χ3n) is 5.26. The Morgan fingerprint density at radius 2 is 1.89 bits per heavy atom. The number of hydrogen-bond acceptors (Lipinski definition) is 3. The van der Waals surface area contributed by atoms with Crippen LogP contribution >= 0.6 is 0 Å². The first kappa shape index (κ1) is 19.7. The maximum absolute atomic E-state index is 13.6. The Kier molecular flexibility index (Phi) is 5.76. The van der Waals surface area contributed by atoms with Crippen LogP contribution in [-0.2, 0) is 5.60 Å². The van der Waals surface area contributed by atoms with E-state index < -0.39 is 18.3 Å². The van der Waals surface area contributed by atoms with Crippen molar-refractivity contribution in [1.29, 1.82) is 0 Å². The third-order valence-corrected chi connectivity index (χ3v) is 5.26. The van der Waals surface area contributed by atoms with E-state index >= 15 is 0 Å². The van der Waals surface area contributed by atoms with Gasteiger partial charge >= 0.3 is 6.18 Å². The van der Waals surface area contributed by atoms with Gasteiger partial charge in [0.15, 0.2) is 5.96 Å². The molecule has 0 spiro atoms. The van der Waals surface area contributed by atoms with Gasteiger partial charge in [-0.05, 0) is 12.0 Å². The quantitative estimate of drug-likeness (QED) is 0.475. The first-order chi connectivity index (χ1) is 12.8. The molecule has 1 aromatic carbocycles. The van der Waals surface area contributed by atoms with Gasteiger partial charge in [0.1, 0.15) is 0 Å². The molecular formula is C19H25F3N4O. The van der Waals surface area contributed by atoms with Crippen LogP contribution in [0.15, 0.2) is 47.5 Å². The number of nitrogens with zero attached hydrogens (tertiary/aromatic N) is 3. The molecule has 0 bridgehead atoms. The van der Waals surface area contributed by atoms with E-state index in [-0.39, 0.29) is 5.56 Å². The second-order valence-corrected chi connectivity index (χ2v) is 6.94. The van der Waals surface area contributed by atoms with Crippen LogP contribution in [0.3, 0.4) is 0 Å². The van der Waals surface area contributed by atoms with E-state index in [1.54, 1.807) is 13.1 Å². The van der Waals surface area contributed by atoms with Crippen molar-refractivity contribution in [1.82, 2.24) is 15.1 Å². The highest BCUT2D eigenvalue weighted by molar-refractivity contribution is 5.80. The summed E-state index contributed by atoms with van der Waals surface area (Å²) in [5, 5.41) is 13.2. The number of halogens is 3. The van der Waals surface area contributed by atoms with Gasteiger partial charge in [0.05, 0.1) is 6.54 Å². The fourth-order valence-electron chi connectivity index (χ4n) is 3.64. The summed E-state index contributed by atoms with van der Waals surface area (Å²) in [5.41, 5.74) is -3.18. The molecule has 0 radical (unpaired) electrons. The average Bonchev–Trinajstić information content (AvgIpc) is 3.33. The summed E-state index contributed by atoms with van der Waals surface area (Å²) in [6.07, 6.45) is 0.373. The number of nitrogens with one attached hydrogen (secondary N) is 1. The van der Waals surface area contributed by atoms with Gasteiger partial charge in [-0.15, -0.1) is 0 Å². The molecule has 1 saturated heterocycles. The van der Waals surface area contributed by atoms with Crippen LogP contribution in [0.1, 0.15) is 12.0 Å². The Labute approximate surface area is 157 Å². The fraction of sp³-hybridized carbons (Fsp3) is 0.526. The van der Waals surface area contributed by atoms with Crippen LogP contribution < -0.4 is 5.32 Å². The molecule has 27 heavy (non-hydrogen) atoms. The van der Waals surface area contributed by atoms with Crippen molar-refractivity contribution < 1.29 is 18.3 Å². The molecule has 2 aliphatic heterocycles. The highest BCUT2D eigenvalue weighted by Gasteiger charge is 2.55. The molecule has 2 atom stereocenters. The van der Waals surface area contributed by atoms with Gasteiger partial charge in [-0.3, -0.25) is 9.89 Å². The minimum atomic E-state index is -4.81. The van der Waals surface area contributed by atoms with Crippen molar-refractivity contribution in [2.45, 2.75) is 24.2 Å². The second kappa shape index (κ2) is 7.90. The van der Waals surface area contributed by atoms with Crippen LogP contribution in [0.2, 0.25) is 0 Å². The zero-order chi connectivity index (χ0) is 19.5. The zero-order valence-corrected chi connectivity index (χ0v) is 15.3. The summed E-state index contributed by atoms with van der Waals surface area (Å²) in [7, 11) is 1.54. The van der Waals surface area contributed by atoms with Crippen LogP contribution in [-0.4, -0.2) is 72.9 Å². The van der Waals surface area contributed by atoms with E-state index in [1.165, 1.54) is 24.3 Å². The van der Waals surface area contributed by atoms with Crippen molar-refractivity contribution in [2.24, 2.45) is 4.99 Å². The Balaban J connectivity index is 1.67. The van der Waals surface area contributed by atoms with Crippen LogP contribution in [0, 0.1) is 0 Å². The zero-order valence-electron chi connectivity index (χ0n) is 15.3. The maximum Gasteiger partial charge on any atom is 0.423 e. The topological polar surface area (TPSA) is 51.1 Å². The van der Waals surface area contributed by atoms with Gasteiger partial charge in [-0.2, -0.15) is 13.2 Å². The molecule has 0 amide bonds. The molecule has 2 heterocycles. The lowest BCUT2D eigenvalue weighted by molar-refractivity contribution is -0.263. The third kappa shape index (κ3) is 4.11. The minimum absolute atomic E-state index is 0.192. The van der Waals surface area contributed by atoms with Crippen molar-refractivity contribution in [3.8, 4) is 0 Å². The summed E-state index contributed by atoms with van der Waals surface area (Å²) < 4.78 is 40.9. The number of benzene rings is 1. The molecule has 148 valence electrons. The Morgan fingerprint density at radius 1 is 1.22 bits per heavy atom. The van der Waals surface area contributed by atoms with Crippen LogP contribution in [0.5, 0.6) is 0 Å². The monoisotopic (exact) mass is 382 g/mol.